The van der Waals surface area contributed by atoms with E-state index in [1.54, 1.807) is 6.92 Å². The number of hydrogen-bond donors (Lipinski definition) is 2. The lowest BCUT2D eigenvalue weighted by molar-refractivity contribution is -0.141. The molecule has 9 heteroatoms. The second-order valence-corrected chi connectivity index (χ2v) is 8.28. The Labute approximate surface area is 187 Å². The summed E-state index contributed by atoms with van der Waals surface area (Å²) < 4.78 is 30.5. The van der Waals surface area contributed by atoms with Crippen molar-refractivity contribution in [1.82, 2.24) is 4.57 Å². The molecule has 4 rings (SSSR count). The highest BCUT2D eigenvalue weighted by Gasteiger charge is 2.38. The molecule has 0 aliphatic heterocycles. The number of carboxylic acid groups (broad SMARTS) is 1. The monoisotopic (exact) mass is 463 g/mol. The number of fused-ring (bicyclic) bond motifs is 1. The molecule has 1 aliphatic rings. The van der Waals surface area contributed by atoms with Gasteiger partial charge in [0, 0.05) is 16.6 Å². The van der Waals surface area contributed by atoms with E-state index in [0.29, 0.717) is 22.2 Å². The van der Waals surface area contributed by atoms with E-state index < -0.39 is 24.4 Å². The largest absolute Gasteiger partial charge is 0.506 e. The van der Waals surface area contributed by atoms with Crippen LogP contribution in [0.5, 0.6) is 11.5 Å². The number of halogens is 3. The average Bonchev–Trinajstić information content (AvgIpc) is 2.95. The number of carboxylic acids is 1. The molecule has 1 aliphatic carbocycles. The van der Waals surface area contributed by atoms with Crippen LogP contribution in [0, 0.1) is 12.8 Å². The number of carbonyl (C=O) groups is 2. The topological polar surface area (TPSA) is 88.8 Å². The van der Waals surface area contributed by atoms with Crippen molar-refractivity contribution in [3.05, 3.63) is 58.2 Å². The Morgan fingerprint density at radius 3 is 2.38 bits per heavy atom. The number of aliphatic carboxylic acids is 1. The molecule has 6 nitrogen and oxygen atoms in total. The molecule has 0 saturated heterocycles. The number of ether oxygens (including phenoxy) is 1. The van der Waals surface area contributed by atoms with E-state index in [1.807, 2.05) is 0 Å². The molecule has 0 bridgehead atoms. The molecule has 32 heavy (non-hydrogen) atoms. The van der Waals surface area contributed by atoms with Crippen LogP contribution in [-0.4, -0.2) is 33.3 Å². The van der Waals surface area contributed by atoms with Crippen LogP contribution in [0.1, 0.15) is 46.8 Å². The lowest BCUT2D eigenvalue weighted by Gasteiger charge is -2.31. The van der Waals surface area contributed by atoms with Crippen molar-refractivity contribution in [2.45, 2.75) is 38.7 Å². The Balaban J connectivity index is 1.87. The van der Waals surface area contributed by atoms with Crippen LogP contribution in [0.4, 0.5) is 8.78 Å². The van der Waals surface area contributed by atoms with Crippen molar-refractivity contribution < 1.29 is 33.3 Å². The van der Waals surface area contributed by atoms with E-state index in [0.717, 1.165) is 19.3 Å². The number of rotatable bonds is 6. The Morgan fingerprint density at radius 1 is 1.19 bits per heavy atom. The summed E-state index contributed by atoms with van der Waals surface area (Å²) in [6.07, 6.45) is 2.47. The van der Waals surface area contributed by atoms with E-state index in [1.165, 1.54) is 41.0 Å². The van der Waals surface area contributed by atoms with E-state index in [4.69, 9.17) is 11.6 Å². The molecule has 1 unspecified atom stereocenters. The van der Waals surface area contributed by atoms with Gasteiger partial charge in [0.15, 0.2) is 0 Å². The Kier molecular flexibility index (Phi) is 5.81. The smallest absolute Gasteiger partial charge is 0.387 e. The molecule has 0 amide bonds. The normalized spacial score (nSPS) is 15.0. The first-order valence-electron chi connectivity index (χ1n) is 10.0. The fraction of sp³-hybridized carbons (Fsp3) is 0.304. The molecule has 1 atom stereocenters. The zero-order valence-corrected chi connectivity index (χ0v) is 17.8. The first-order chi connectivity index (χ1) is 15.2. The van der Waals surface area contributed by atoms with Crippen LogP contribution < -0.4 is 4.74 Å². The minimum Gasteiger partial charge on any atom is -0.506 e. The van der Waals surface area contributed by atoms with Gasteiger partial charge in [-0.3, -0.25) is 14.2 Å². The van der Waals surface area contributed by atoms with Crippen LogP contribution in [0.25, 0.3) is 10.9 Å². The molecule has 3 aromatic rings. The summed E-state index contributed by atoms with van der Waals surface area (Å²) in [6.45, 7) is -1.33. The first-order valence-corrected chi connectivity index (χ1v) is 10.4. The molecule has 1 aromatic heterocycles. The van der Waals surface area contributed by atoms with Gasteiger partial charge >= 0.3 is 12.6 Å². The molecule has 1 heterocycles. The Morgan fingerprint density at radius 2 is 1.84 bits per heavy atom. The molecule has 2 N–H and O–H groups in total. The number of nitrogens with zero attached hydrogens (tertiary/aromatic N) is 1. The third kappa shape index (κ3) is 3.79. The predicted octanol–water partition coefficient (Wildman–Crippen LogP) is 5.57. The predicted molar refractivity (Wildman–Crippen MR) is 114 cm³/mol. The highest BCUT2D eigenvalue weighted by molar-refractivity contribution is 6.33. The van der Waals surface area contributed by atoms with Crippen LogP contribution in [0.15, 0.2) is 36.4 Å². The highest BCUT2D eigenvalue weighted by atomic mass is 35.5. The maximum Gasteiger partial charge on any atom is 0.387 e. The van der Waals surface area contributed by atoms with E-state index >= 15 is 0 Å². The van der Waals surface area contributed by atoms with Gasteiger partial charge in [0.2, 0.25) is 0 Å². The summed E-state index contributed by atoms with van der Waals surface area (Å²) >= 11 is 6.11. The number of phenolic OH excluding ortho intramolecular Hbond substituents is 1. The van der Waals surface area contributed by atoms with E-state index in [2.05, 4.69) is 4.74 Å². The fourth-order valence-corrected chi connectivity index (χ4v) is 4.50. The summed E-state index contributed by atoms with van der Waals surface area (Å²) in [6, 6.07) is 8.04. The molecule has 0 radical (unpaired) electrons. The number of aromatic nitrogens is 1. The number of phenols is 1. The minimum atomic E-state index is -2.98. The second-order valence-electron chi connectivity index (χ2n) is 7.87. The summed E-state index contributed by atoms with van der Waals surface area (Å²) in [5.74, 6) is -2.67. The number of benzene rings is 2. The van der Waals surface area contributed by atoms with Gasteiger partial charge in [-0.1, -0.05) is 18.0 Å². The maximum absolute atomic E-state index is 13.4. The van der Waals surface area contributed by atoms with Crippen molar-refractivity contribution in [1.29, 1.82) is 0 Å². The SMILES string of the molecule is Cc1c(C(C(=O)O)C2CCC2)c2cc(O)c(Cl)cc2n1C(=O)c1ccc(OC(F)F)cc1. The number of carbonyl (C=O) groups excluding carboxylic acids is 1. The fourth-order valence-electron chi connectivity index (χ4n) is 4.34. The summed E-state index contributed by atoms with van der Waals surface area (Å²) in [4.78, 5) is 25.6. The van der Waals surface area contributed by atoms with Crippen molar-refractivity contribution in [2.24, 2.45) is 5.92 Å². The van der Waals surface area contributed by atoms with Gasteiger partial charge in [0.1, 0.15) is 11.5 Å². The number of aromatic hydroxyl groups is 1. The zero-order chi connectivity index (χ0) is 23.2. The minimum absolute atomic E-state index is 0.0202. The quantitative estimate of drug-likeness (QED) is 0.499. The molecule has 168 valence electrons. The van der Waals surface area contributed by atoms with Crippen molar-refractivity contribution in [3.8, 4) is 11.5 Å². The van der Waals surface area contributed by atoms with Gasteiger partial charge < -0.3 is 14.9 Å². The lowest BCUT2D eigenvalue weighted by Crippen LogP contribution is -2.27. The van der Waals surface area contributed by atoms with Gasteiger partial charge in [-0.05, 0) is 67.6 Å². The molecule has 1 saturated carbocycles. The Bertz CT molecular complexity index is 1200. The number of alkyl halides is 2. The summed E-state index contributed by atoms with van der Waals surface area (Å²) in [5.41, 5.74) is 1.45. The molecule has 1 fully saturated rings. The van der Waals surface area contributed by atoms with Gasteiger partial charge in [0.05, 0.1) is 16.5 Å². The highest BCUT2D eigenvalue weighted by Crippen LogP contribution is 2.45. The summed E-state index contributed by atoms with van der Waals surface area (Å²) in [5, 5.41) is 20.6. The van der Waals surface area contributed by atoms with E-state index in [-0.39, 0.29) is 28.0 Å². The van der Waals surface area contributed by atoms with E-state index in [9.17, 15) is 28.6 Å². The standard InChI is InChI=1S/C23H20ClF2NO5/c1-11-19(20(22(30)31)12-3-2-4-12)15-9-18(28)16(24)10-17(15)27(11)21(29)13-5-7-14(8-6-13)32-23(25)26/h5-10,12,20,23,28H,2-4H2,1H3,(H,30,31). The van der Waals surface area contributed by atoms with Crippen LogP contribution in [0.2, 0.25) is 5.02 Å². The number of hydrogen-bond acceptors (Lipinski definition) is 4. The third-order valence-electron chi connectivity index (χ3n) is 6.05. The van der Waals surface area contributed by atoms with Gasteiger partial charge in [0.25, 0.3) is 5.91 Å². The lowest BCUT2D eigenvalue weighted by atomic mass is 9.72. The third-order valence-corrected chi connectivity index (χ3v) is 6.35. The van der Waals surface area contributed by atoms with Crippen molar-refractivity contribution in [3.63, 3.8) is 0 Å². The van der Waals surface area contributed by atoms with Gasteiger partial charge in [-0.25, -0.2) is 0 Å². The van der Waals surface area contributed by atoms with Gasteiger partial charge in [-0.15, -0.1) is 0 Å². The van der Waals surface area contributed by atoms with Crippen LogP contribution in [-0.2, 0) is 4.79 Å². The van der Waals surface area contributed by atoms with Crippen molar-refractivity contribution >= 4 is 34.4 Å². The van der Waals surface area contributed by atoms with Crippen LogP contribution >= 0.6 is 11.6 Å². The Hall–Kier alpha value is -3.13. The molecule has 0 spiro atoms. The molecular formula is C23H20ClF2NO5. The maximum atomic E-state index is 13.4. The van der Waals surface area contributed by atoms with Crippen LogP contribution in [0.3, 0.4) is 0 Å². The first kappa shape index (κ1) is 22.1. The van der Waals surface area contributed by atoms with Crippen molar-refractivity contribution in [2.75, 3.05) is 0 Å². The molecular weight excluding hydrogens is 444 g/mol. The average molecular weight is 464 g/mol. The van der Waals surface area contributed by atoms with Gasteiger partial charge in [-0.2, -0.15) is 8.78 Å². The second kappa shape index (κ2) is 8.43. The zero-order valence-electron chi connectivity index (χ0n) is 17.0. The summed E-state index contributed by atoms with van der Waals surface area (Å²) in [7, 11) is 0. The molecule has 2 aromatic carbocycles.